The molecule has 0 N–H and O–H groups in total. The fourth-order valence-electron chi connectivity index (χ4n) is 3.43. The Morgan fingerprint density at radius 1 is 1.21 bits per heavy atom. The van der Waals surface area contributed by atoms with Crippen LogP contribution in [0.15, 0.2) is 42.9 Å². The summed E-state index contributed by atoms with van der Waals surface area (Å²) in [5.41, 5.74) is -2.13. The standard InChI is InChI=1S/C20H15F3N8OS/c1-19(2)17(32)31(14-5-4-13(8-24)15(7-14)20(21,22)23)18(33)29(19)10-12-3-6-16(25-9-12)30-11-26-27-28-30/h3-7,9,11H,10H2,1-2H3. The zero-order valence-corrected chi connectivity index (χ0v) is 18.1. The summed E-state index contributed by atoms with van der Waals surface area (Å²) >= 11 is 5.49. The van der Waals surface area contributed by atoms with Crippen molar-refractivity contribution < 1.29 is 18.0 Å². The molecule has 1 amide bonds. The molecule has 3 heterocycles. The molecule has 1 aromatic carbocycles. The molecular weight excluding hydrogens is 457 g/mol. The molecule has 1 aliphatic heterocycles. The first-order valence-corrected chi connectivity index (χ1v) is 9.90. The first-order valence-electron chi connectivity index (χ1n) is 9.50. The number of aromatic nitrogens is 5. The first-order chi connectivity index (χ1) is 15.5. The van der Waals surface area contributed by atoms with Gasteiger partial charge in [0, 0.05) is 12.7 Å². The molecule has 0 bridgehead atoms. The van der Waals surface area contributed by atoms with Gasteiger partial charge in [-0.15, -0.1) is 5.10 Å². The third kappa shape index (κ3) is 3.89. The van der Waals surface area contributed by atoms with E-state index in [0.717, 1.165) is 17.0 Å². The van der Waals surface area contributed by atoms with Crippen LogP contribution < -0.4 is 4.90 Å². The third-order valence-corrected chi connectivity index (χ3v) is 5.65. The maximum absolute atomic E-state index is 13.4. The van der Waals surface area contributed by atoms with Crippen molar-refractivity contribution in [3.8, 4) is 11.9 Å². The number of hydrogen-bond donors (Lipinski definition) is 0. The van der Waals surface area contributed by atoms with Crippen LogP contribution in [0.2, 0.25) is 0 Å². The quantitative estimate of drug-likeness (QED) is 0.534. The molecule has 0 unspecified atom stereocenters. The number of nitrogens with zero attached hydrogens (tertiary/aromatic N) is 8. The highest BCUT2D eigenvalue weighted by molar-refractivity contribution is 7.80. The van der Waals surface area contributed by atoms with Crippen molar-refractivity contribution in [1.29, 1.82) is 5.26 Å². The molecule has 2 aromatic heterocycles. The molecule has 0 atom stereocenters. The SMILES string of the molecule is CC1(C)C(=O)N(c2ccc(C#N)c(C(F)(F)F)c2)C(=S)N1Cc1ccc(-n2cnnn2)nc1. The molecule has 168 valence electrons. The molecule has 1 saturated heterocycles. The lowest BCUT2D eigenvalue weighted by Gasteiger charge is -2.29. The normalized spacial score (nSPS) is 15.8. The summed E-state index contributed by atoms with van der Waals surface area (Å²) in [7, 11) is 0. The van der Waals surface area contributed by atoms with Gasteiger partial charge in [0.25, 0.3) is 5.91 Å². The van der Waals surface area contributed by atoms with E-state index in [4.69, 9.17) is 17.5 Å². The van der Waals surface area contributed by atoms with Gasteiger partial charge in [-0.25, -0.2) is 4.98 Å². The average molecular weight is 472 g/mol. The Balaban J connectivity index is 1.64. The summed E-state index contributed by atoms with van der Waals surface area (Å²) < 4.78 is 41.7. The highest BCUT2D eigenvalue weighted by Gasteiger charge is 2.49. The number of pyridine rings is 1. The average Bonchev–Trinajstić information content (AvgIpc) is 3.36. The van der Waals surface area contributed by atoms with Gasteiger partial charge in [-0.05, 0) is 66.3 Å². The van der Waals surface area contributed by atoms with Crippen molar-refractivity contribution in [1.82, 2.24) is 30.1 Å². The fourth-order valence-corrected chi connectivity index (χ4v) is 3.91. The third-order valence-electron chi connectivity index (χ3n) is 5.24. The molecule has 1 fully saturated rings. The molecule has 3 aromatic rings. The number of alkyl halides is 3. The Kier molecular flexibility index (Phi) is 5.33. The number of halogens is 3. The van der Waals surface area contributed by atoms with E-state index in [1.165, 1.54) is 23.1 Å². The number of thiocarbonyl (C=S) groups is 1. The number of tetrazole rings is 1. The molecule has 4 rings (SSSR count). The maximum atomic E-state index is 13.4. The van der Waals surface area contributed by atoms with Gasteiger partial charge in [0.2, 0.25) is 0 Å². The van der Waals surface area contributed by atoms with E-state index in [1.54, 1.807) is 37.1 Å². The lowest BCUT2D eigenvalue weighted by Crippen LogP contribution is -2.43. The van der Waals surface area contributed by atoms with Gasteiger partial charge in [0.1, 0.15) is 11.9 Å². The molecule has 9 nitrogen and oxygen atoms in total. The molecule has 13 heteroatoms. The van der Waals surface area contributed by atoms with Crippen molar-refractivity contribution in [2.45, 2.75) is 32.1 Å². The molecule has 0 radical (unpaired) electrons. The summed E-state index contributed by atoms with van der Waals surface area (Å²) in [5.74, 6) is 0.00516. The maximum Gasteiger partial charge on any atom is 0.417 e. The van der Waals surface area contributed by atoms with Crippen LogP contribution >= 0.6 is 12.2 Å². The minimum Gasteiger partial charge on any atom is -0.330 e. The van der Waals surface area contributed by atoms with E-state index in [1.807, 2.05) is 0 Å². The van der Waals surface area contributed by atoms with Crippen molar-refractivity contribution in [3.05, 3.63) is 59.5 Å². The topological polar surface area (TPSA) is 104 Å². The van der Waals surface area contributed by atoms with Gasteiger partial charge in [0.15, 0.2) is 10.9 Å². The van der Waals surface area contributed by atoms with Crippen LogP contribution in [0.5, 0.6) is 0 Å². The van der Waals surface area contributed by atoms with Crippen LogP contribution in [0.1, 0.15) is 30.5 Å². The molecule has 33 heavy (non-hydrogen) atoms. The Morgan fingerprint density at radius 3 is 2.55 bits per heavy atom. The number of anilines is 1. The zero-order chi connectivity index (χ0) is 24.0. The highest BCUT2D eigenvalue weighted by Crippen LogP contribution is 2.38. The number of hydrogen-bond acceptors (Lipinski definition) is 7. The first kappa shape index (κ1) is 22.3. The zero-order valence-electron chi connectivity index (χ0n) is 17.3. The van der Waals surface area contributed by atoms with Gasteiger partial charge in [-0.3, -0.25) is 9.69 Å². The van der Waals surface area contributed by atoms with Gasteiger partial charge < -0.3 is 4.90 Å². The van der Waals surface area contributed by atoms with Crippen molar-refractivity contribution in [2.75, 3.05) is 4.90 Å². The largest absolute Gasteiger partial charge is 0.417 e. The summed E-state index contributed by atoms with van der Waals surface area (Å²) in [6.07, 6.45) is -1.79. The van der Waals surface area contributed by atoms with E-state index in [9.17, 15) is 18.0 Å². The minimum atomic E-state index is -4.76. The van der Waals surface area contributed by atoms with Crippen LogP contribution in [0, 0.1) is 11.3 Å². The predicted molar refractivity (Wildman–Crippen MR) is 113 cm³/mol. The van der Waals surface area contributed by atoms with E-state index >= 15 is 0 Å². The van der Waals surface area contributed by atoms with Crippen LogP contribution in [0.25, 0.3) is 5.82 Å². The van der Waals surface area contributed by atoms with Crippen LogP contribution in [0.3, 0.4) is 0 Å². The summed E-state index contributed by atoms with van der Waals surface area (Å²) in [4.78, 5) is 20.1. The van der Waals surface area contributed by atoms with Gasteiger partial charge in [-0.2, -0.15) is 23.1 Å². The Bertz CT molecular complexity index is 1270. The lowest BCUT2D eigenvalue weighted by molar-refractivity contribution is -0.137. The van der Waals surface area contributed by atoms with Crippen LogP contribution in [-0.4, -0.2) is 46.6 Å². The van der Waals surface area contributed by atoms with Gasteiger partial charge >= 0.3 is 6.18 Å². The fraction of sp³-hybridized carbons (Fsp3) is 0.250. The second-order valence-corrected chi connectivity index (χ2v) is 8.05. The number of amides is 1. The summed E-state index contributed by atoms with van der Waals surface area (Å²) in [5, 5.41) is 19.9. The molecule has 0 aliphatic carbocycles. The van der Waals surface area contributed by atoms with E-state index in [2.05, 4.69) is 20.5 Å². The van der Waals surface area contributed by atoms with E-state index in [0.29, 0.717) is 11.4 Å². The molecule has 1 aliphatic rings. The number of rotatable bonds is 4. The van der Waals surface area contributed by atoms with Crippen molar-refractivity contribution in [3.63, 3.8) is 0 Å². The number of carbonyl (C=O) groups is 1. The number of benzene rings is 1. The highest BCUT2D eigenvalue weighted by atomic mass is 32.1. The Labute approximate surface area is 191 Å². The van der Waals surface area contributed by atoms with Crippen LogP contribution in [0.4, 0.5) is 18.9 Å². The van der Waals surface area contributed by atoms with E-state index in [-0.39, 0.29) is 17.3 Å². The van der Waals surface area contributed by atoms with E-state index < -0.39 is 28.7 Å². The summed E-state index contributed by atoms with van der Waals surface area (Å²) in [6, 6.07) is 8.06. The molecule has 0 saturated carbocycles. The molecular formula is C20H15F3N8OS. The smallest absolute Gasteiger partial charge is 0.330 e. The monoisotopic (exact) mass is 472 g/mol. The number of nitriles is 1. The minimum absolute atomic E-state index is 0.0485. The lowest BCUT2D eigenvalue weighted by atomic mass is 10.0. The van der Waals surface area contributed by atoms with Crippen molar-refractivity contribution >= 4 is 28.9 Å². The summed E-state index contributed by atoms with van der Waals surface area (Å²) in [6.45, 7) is 3.47. The number of carbonyl (C=O) groups excluding carboxylic acids is 1. The second kappa shape index (κ2) is 7.89. The van der Waals surface area contributed by atoms with Crippen LogP contribution in [-0.2, 0) is 17.5 Å². The second-order valence-electron chi connectivity index (χ2n) is 7.69. The Morgan fingerprint density at radius 2 is 1.97 bits per heavy atom. The predicted octanol–water partition coefficient (Wildman–Crippen LogP) is 2.86. The Hall–Kier alpha value is -3.92. The van der Waals surface area contributed by atoms with Gasteiger partial charge in [-0.1, -0.05) is 6.07 Å². The molecule has 0 spiro atoms. The van der Waals surface area contributed by atoms with Gasteiger partial charge in [0.05, 0.1) is 22.9 Å². The van der Waals surface area contributed by atoms with Crippen molar-refractivity contribution in [2.24, 2.45) is 0 Å².